The summed E-state index contributed by atoms with van der Waals surface area (Å²) in [4.78, 5) is 0. The average molecular weight is 273 g/mol. The van der Waals surface area contributed by atoms with Crippen molar-refractivity contribution in [2.45, 2.75) is 12.7 Å². The van der Waals surface area contributed by atoms with Crippen molar-refractivity contribution in [2.24, 2.45) is 0 Å². The van der Waals surface area contributed by atoms with Crippen molar-refractivity contribution >= 4 is 35.8 Å². The van der Waals surface area contributed by atoms with Crippen LogP contribution in [0.4, 0.5) is 0 Å². The second-order valence-electron chi connectivity index (χ2n) is 3.42. The number of halogens is 2. The molecule has 1 heterocycles. The predicted octanol–water partition coefficient (Wildman–Crippen LogP) is 3.92. The number of rotatable bonds is 2. The monoisotopic (exact) mass is 272 g/mol. The number of hydrogen-bond acceptors (Lipinski definition) is 2. The highest BCUT2D eigenvalue weighted by Gasteiger charge is 2.08. The standard InChI is InChI=1S/C11H10Cl2N2S/c1-7-8(6-16)5-14-15(7)9-2-3-10(12)11(13)4-9/h2-5,16H,6H2,1H3. The normalized spacial score (nSPS) is 10.8. The molecule has 0 amide bonds. The van der Waals surface area contributed by atoms with Crippen LogP contribution in [0.25, 0.3) is 5.69 Å². The Labute approximate surface area is 110 Å². The molecule has 0 saturated heterocycles. The molecular weight excluding hydrogens is 263 g/mol. The number of benzene rings is 1. The van der Waals surface area contributed by atoms with Gasteiger partial charge in [0.2, 0.25) is 0 Å². The molecule has 0 radical (unpaired) electrons. The van der Waals surface area contributed by atoms with Gasteiger partial charge in [-0.15, -0.1) is 0 Å². The maximum Gasteiger partial charge on any atom is 0.0664 e. The van der Waals surface area contributed by atoms with E-state index in [1.807, 2.05) is 23.9 Å². The van der Waals surface area contributed by atoms with E-state index in [1.54, 1.807) is 12.1 Å². The van der Waals surface area contributed by atoms with E-state index in [1.165, 1.54) is 0 Å². The molecule has 0 saturated carbocycles. The quantitative estimate of drug-likeness (QED) is 0.821. The zero-order valence-electron chi connectivity index (χ0n) is 8.61. The molecule has 84 valence electrons. The number of nitrogens with zero attached hydrogens (tertiary/aromatic N) is 2. The Bertz CT molecular complexity index is 523. The van der Waals surface area contributed by atoms with Crippen molar-refractivity contribution in [3.8, 4) is 5.69 Å². The van der Waals surface area contributed by atoms with Crippen LogP contribution in [0.2, 0.25) is 10.0 Å². The molecule has 2 nitrogen and oxygen atoms in total. The van der Waals surface area contributed by atoms with Crippen LogP contribution in [-0.4, -0.2) is 9.78 Å². The smallest absolute Gasteiger partial charge is 0.0664 e. The van der Waals surface area contributed by atoms with E-state index in [-0.39, 0.29) is 0 Å². The molecule has 1 aromatic heterocycles. The number of hydrogen-bond donors (Lipinski definition) is 1. The molecule has 16 heavy (non-hydrogen) atoms. The Morgan fingerprint density at radius 1 is 1.31 bits per heavy atom. The van der Waals surface area contributed by atoms with Crippen LogP contribution in [-0.2, 0) is 5.75 Å². The Balaban J connectivity index is 2.50. The maximum atomic E-state index is 5.97. The van der Waals surface area contributed by atoms with Gasteiger partial charge in [0.25, 0.3) is 0 Å². The lowest BCUT2D eigenvalue weighted by molar-refractivity contribution is 0.845. The minimum atomic E-state index is 0.529. The lowest BCUT2D eigenvalue weighted by Gasteiger charge is -2.06. The summed E-state index contributed by atoms with van der Waals surface area (Å²) in [6.45, 7) is 2.00. The summed E-state index contributed by atoms with van der Waals surface area (Å²) >= 11 is 16.1. The second kappa shape index (κ2) is 4.70. The van der Waals surface area contributed by atoms with Gasteiger partial charge < -0.3 is 0 Å². The maximum absolute atomic E-state index is 5.97. The van der Waals surface area contributed by atoms with Gasteiger partial charge in [0, 0.05) is 17.0 Å². The number of thiol groups is 1. The van der Waals surface area contributed by atoms with Gasteiger partial charge in [-0.05, 0) is 25.1 Å². The highest BCUT2D eigenvalue weighted by Crippen LogP contribution is 2.25. The molecular formula is C11H10Cl2N2S. The molecule has 0 unspecified atom stereocenters. The highest BCUT2D eigenvalue weighted by molar-refractivity contribution is 7.79. The van der Waals surface area contributed by atoms with Gasteiger partial charge in [0.05, 0.1) is 21.9 Å². The highest BCUT2D eigenvalue weighted by atomic mass is 35.5. The number of aromatic nitrogens is 2. The minimum Gasteiger partial charge on any atom is -0.238 e. The molecule has 0 aliphatic carbocycles. The Kier molecular flexibility index (Phi) is 3.47. The van der Waals surface area contributed by atoms with E-state index in [4.69, 9.17) is 23.2 Å². The van der Waals surface area contributed by atoms with E-state index in [2.05, 4.69) is 17.7 Å². The molecule has 2 rings (SSSR count). The van der Waals surface area contributed by atoms with Crippen LogP contribution < -0.4 is 0 Å². The molecule has 0 atom stereocenters. The van der Waals surface area contributed by atoms with Crippen LogP contribution in [0.1, 0.15) is 11.3 Å². The SMILES string of the molecule is Cc1c(CS)cnn1-c1ccc(Cl)c(Cl)c1. The third-order valence-corrected chi connectivity index (χ3v) is 3.51. The van der Waals surface area contributed by atoms with E-state index in [9.17, 15) is 0 Å². The van der Waals surface area contributed by atoms with Crippen LogP contribution in [0, 0.1) is 6.92 Å². The van der Waals surface area contributed by atoms with Crippen molar-refractivity contribution in [1.82, 2.24) is 9.78 Å². The largest absolute Gasteiger partial charge is 0.238 e. The third-order valence-electron chi connectivity index (χ3n) is 2.43. The fourth-order valence-electron chi connectivity index (χ4n) is 1.48. The average Bonchev–Trinajstić information content (AvgIpc) is 2.64. The summed E-state index contributed by atoms with van der Waals surface area (Å²) < 4.78 is 1.83. The molecule has 2 aromatic rings. The van der Waals surface area contributed by atoms with Crippen LogP contribution in [0.5, 0.6) is 0 Å². The fraction of sp³-hybridized carbons (Fsp3) is 0.182. The van der Waals surface area contributed by atoms with Crippen LogP contribution >= 0.6 is 35.8 Å². The van der Waals surface area contributed by atoms with E-state index >= 15 is 0 Å². The van der Waals surface area contributed by atoms with E-state index < -0.39 is 0 Å². The zero-order valence-corrected chi connectivity index (χ0v) is 11.0. The van der Waals surface area contributed by atoms with Crippen molar-refractivity contribution in [3.63, 3.8) is 0 Å². The van der Waals surface area contributed by atoms with Crippen LogP contribution in [0.15, 0.2) is 24.4 Å². The van der Waals surface area contributed by atoms with Gasteiger partial charge in [0.1, 0.15) is 0 Å². The Morgan fingerprint density at radius 3 is 2.62 bits per heavy atom. The van der Waals surface area contributed by atoms with Gasteiger partial charge in [0.15, 0.2) is 0 Å². The second-order valence-corrected chi connectivity index (χ2v) is 4.55. The summed E-state index contributed by atoms with van der Waals surface area (Å²) in [6, 6.07) is 5.45. The molecule has 5 heteroatoms. The van der Waals surface area contributed by atoms with Crippen molar-refractivity contribution < 1.29 is 0 Å². The summed E-state index contributed by atoms with van der Waals surface area (Å²) in [5.41, 5.74) is 3.07. The first-order valence-electron chi connectivity index (χ1n) is 4.73. The topological polar surface area (TPSA) is 17.8 Å². The predicted molar refractivity (Wildman–Crippen MR) is 71.0 cm³/mol. The molecule has 0 spiro atoms. The molecule has 0 aliphatic heterocycles. The van der Waals surface area contributed by atoms with Gasteiger partial charge in [-0.2, -0.15) is 17.7 Å². The first-order valence-corrected chi connectivity index (χ1v) is 6.12. The zero-order chi connectivity index (χ0) is 11.7. The van der Waals surface area contributed by atoms with Crippen LogP contribution in [0.3, 0.4) is 0 Å². The molecule has 1 aromatic carbocycles. The first kappa shape index (κ1) is 11.8. The fourth-order valence-corrected chi connectivity index (χ4v) is 2.08. The van der Waals surface area contributed by atoms with E-state index in [0.29, 0.717) is 15.8 Å². The lowest BCUT2D eigenvalue weighted by atomic mass is 10.2. The molecule has 0 aliphatic rings. The molecule has 0 fully saturated rings. The minimum absolute atomic E-state index is 0.529. The summed E-state index contributed by atoms with van der Waals surface area (Å²) in [5.74, 6) is 0.674. The lowest BCUT2D eigenvalue weighted by Crippen LogP contribution is -1.99. The summed E-state index contributed by atoms with van der Waals surface area (Å²) in [7, 11) is 0. The van der Waals surface area contributed by atoms with Gasteiger partial charge >= 0.3 is 0 Å². The van der Waals surface area contributed by atoms with Crippen molar-refractivity contribution in [1.29, 1.82) is 0 Å². The van der Waals surface area contributed by atoms with Gasteiger partial charge in [-0.3, -0.25) is 0 Å². The van der Waals surface area contributed by atoms with Gasteiger partial charge in [-0.1, -0.05) is 23.2 Å². The third kappa shape index (κ3) is 2.08. The summed E-state index contributed by atoms with van der Waals surface area (Å²) in [5, 5.41) is 5.37. The van der Waals surface area contributed by atoms with E-state index in [0.717, 1.165) is 16.9 Å². The molecule has 0 bridgehead atoms. The summed E-state index contributed by atoms with van der Waals surface area (Å²) in [6.07, 6.45) is 1.81. The first-order chi connectivity index (χ1) is 7.63. The Hall–Kier alpha value is -0.640. The van der Waals surface area contributed by atoms with Gasteiger partial charge in [-0.25, -0.2) is 4.68 Å². The van der Waals surface area contributed by atoms with Crippen molar-refractivity contribution in [2.75, 3.05) is 0 Å². The van der Waals surface area contributed by atoms with Crippen molar-refractivity contribution in [3.05, 3.63) is 45.7 Å². The Morgan fingerprint density at radius 2 is 2.06 bits per heavy atom. The molecule has 0 N–H and O–H groups in total.